The number of aryl methyl sites for hydroxylation is 1. The standard InChI is InChI=1S/C21H22N2O3S/c1-14-7-3-6-10-19(14)27-13-20(24)23-18(21(25)26-2)11-15-12-22-17-9-5-4-8-16(15)17/h3-10,12,18,22H,11,13H2,1-2H3,(H,23,24). The number of esters is 1. The van der Waals surface area contributed by atoms with Crippen LogP contribution in [0.2, 0.25) is 0 Å². The third-order valence-corrected chi connectivity index (χ3v) is 5.55. The van der Waals surface area contributed by atoms with Crippen molar-refractivity contribution < 1.29 is 14.3 Å². The Morgan fingerprint density at radius 3 is 2.67 bits per heavy atom. The summed E-state index contributed by atoms with van der Waals surface area (Å²) in [5.41, 5.74) is 3.09. The highest BCUT2D eigenvalue weighted by molar-refractivity contribution is 8.00. The number of amides is 1. The van der Waals surface area contributed by atoms with E-state index in [4.69, 9.17) is 4.74 Å². The third kappa shape index (κ3) is 4.71. The number of fused-ring (bicyclic) bond motifs is 1. The lowest BCUT2D eigenvalue weighted by Gasteiger charge is -2.16. The molecule has 2 N–H and O–H groups in total. The number of ether oxygens (including phenoxy) is 1. The van der Waals surface area contributed by atoms with Gasteiger partial charge in [0.25, 0.3) is 0 Å². The van der Waals surface area contributed by atoms with Crippen LogP contribution in [0.5, 0.6) is 0 Å². The Bertz CT molecular complexity index is 951. The van der Waals surface area contributed by atoms with Crippen molar-refractivity contribution in [3.05, 3.63) is 65.9 Å². The van der Waals surface area contributed by atoms with E-state index >= 15 is 0 Å². The van der Waals surface area contributed by atoms with Gasteiger partial charge in [0.2, 0.25) is 5.91 Å². The fraction of sp³-hybridized carbons (Fsp3) is 0.238. The monoisotopic (exact) mass is 382 g/mol. The normalized spacial score (nSPS) is 11.9. The Morgan fingerprint density at radius 1 is 1.15 bits per heavy atom. The molecule has 0 saturated carbocycles. The summed E-state index contributed by atoms with van der Waals surface area (Å²) in [7, 11) is 1.33. The Balaban J connectivity index is 1.67. The molecule has 27 heavy (non-hydrogen) atoms. The number of benzene rings is 2. The number of thioether (sulfide) groups is 1. The zero-order chi connectivity index (χ0) is 19.2. The average Bonchev–Trinajstić information content (AvgIpc) is 3.09. The molecule has 0 fully saturated rings. The summed E-state index contributed by atoms with van der Waals surface area (Å²) in [5, 5.41) is 3.85. The SMILES string of the molecule is COC(=O)C(Cc1c[nH]c2ccccc12)NC(=O)CSc1ccccc1C. The van der Waals surface area contributed by atoms with Gasteiger partial charge in [0.1, 0.15) is 6.04 Å². The number of methoxy groups -OCH3 is 1. The number of carbonyl (C=O) groups is 2. The van der Waals surface area contributed by atoms with Crippen molar-refractivity contribution in [2.75, 3.05) is 12.9 Å². The highest BCUT2D eigenvalue weighted by Gasteiger charge is 2.23. The van der Waals surface area contributed by atoms with E-state index in [1.54, 1.807) is 0 Å². The van der Waals surface area contributed by atoms with Crippen molar-refractivity contribution in [3.63, 3.8) is 0 Å². The predicted molar refractivity (Wildman–Crippen MR) is 108 cm³/mol. The van der Waals surface area contributed by atoms with Gasteiger partial charge >= 0.3 is 5.97 Å². The molecule has 1 aromatic heterocycles. The van der Waals surface area contributed by atoms with Crippen molar-refractivity contribution >= 4 is 34.5 Å². The van der Waals surface area contributed by atoms with Gasteiger partial charge in [-0.15, -0.1) is 11.8 Å². The fourth-order valence-corrected chi connectivity index (χ4v) is 3.79. The smallest absolute Gasteiger partial charge is 0.328 e. The van der Waals surface area contributed by atoms with Crippen molar-refractivity contribution in [3.8, 4) is 0 Å². The molecule has 1 unspecified atom stereocenters. The molecular weight excluding hydrogens is 360 g/mol. The van der Waals surface area contributed by atoms with E-state index in [1.807, 2.05) is 61.7 Å². The van der Waals surface area contributed by atoms with Crippen LogP contribution < -0.4 is 5.32 Å². The van der Waals surface area contributed by atoms with E-state index in [9.17, 15) is 9.59 Å². The highest BCUT2D eigenvalue weighted by atomic mass is 32.2. The van der Waals surface area contributed by atoms with Gasteiger partial charge in [0.05, 0.1) is 12.9 Å². The molecule has 140 valence electrons. The van der Waals surface area contributed by atoms with Crippen molar-refractivity contribution in [2.45, 2.75) is 24.3 Å². The molecule has 0 radical (unpaired) electrons. The lowest BCUT2D eigenvalue weighted by Crippen LogP contribution is -2.43. The molecular formula is C21H22N2O3S. The molecule has 0 saturated heterocycles. The number of H-pyrrole nitrogens is 1. The summed E-state index contributed by atoms with van der Waals surface area (Å²) >= 11 is 1.46. The molecule has 1 atom stereocenters. The molecule has 0 aliphatic heterocycles. The second-order valence-corrected chi connectivity index (χ2v) is 7.28. The molecule has 3 aromatic rings. The fourth-order valence-electron chi connectivity index (χ4n) is 2.95. The Labute approximate surface area is 162 Å². The molecule has 0 aliphatic carbocycles. The van der Waals surface area contributed by atoms with Crippen LogP contribution in [0, 0.1) is 6.92 Å². The molecule has 1 heterocycles. The van der Waals surface area contributed by atoms with Gasteiger partial charge in [-0.25, -0.2) is 4.79 Å². The van der Waals surface area contributed by atoms with Crippen LogP contribution in [0.1, 0.15) is 11.1 Å². The average molecular weight is 382 g/mol. The summed E-state index contributed by atoms with van der Waals surface area (Å²) in [6.45, 7) is 2.01. The lowest BCUT2D eigenvalue weighted by atomic mass is 10.0. The number of nitrogens with one attached hydrogen (secondary N) is 2. The summed E-state index contributed by atoms with van der Waals surface area (Å²) in [6.07, 6.45) is 2.24. The Hall–Kier alpha value is -2.73. The molecule has 0 spiro atoms. The first kappa shape index (κ1) is 19.0. The van der Waals surface area contributed by atoms with E-state index in [2.05, 4.69) is 10.3 Å². The summed E-state index contributed by atoms with van der Waals surface area (Å²) < 4.78 is 4.89. The Kier molecular flexibility index (Phi) is 6.19. The first-order valence-electron chi connectivity index (χ1n) is 8.69. The topological polar surface area (TPSA) is 71.2 Å². The zero-order valence-electron chi connectivity index (χ0n) is 15.3. The van der Waals surface area contributed by atoms with Crippen molar-refractivity contribution in [1.82, 2.24) is 10.3 Å². The number of rotatable bonds is 7. The first-order valence-corrected chi connectivity index (χ1v) is 9.67. The zero-order valence-corrected chi connectivity index (χ0v) is 16.1. The van der Waals surface area contributed by atoms with Crippen molar-refractivity contribution in [1.29, 1.82) is 0 Å². The molecule has 1 amide bonds. The van der Waals surface area contributed by atoms with Gasteiger partial charge in [0.15, 0.2) is 0 Å². The van der Waals surface area contributed by atoms with Crippen LogP contribution in [0.25, 0.3) is 10.9 Å². The van der Waals surface area contributed by atoms with Crippen LogP contribution in [0.15, 0.2) is 59.6 Å². The maximum absolute atomic E-state index is 12.4. The summed E-state index contributed by atoms with van der Waals surface area (Å²) in [4.78, 5) is 28.8. The number of para-hydroxylation sites is 1. The second-order valence-electron chi connectivity index (χ2n) is 6.26. The number of hydrogen-bond donors (Lipinski definition) is 2. The van der Waals surface area contributed by atoms with Crippen LogP contribution in [0.3, 0.4) is 0 Å². The minimum absolute atomic E-state index is 0.196. The molecule has 6 heteroatoms. The van der Waals surface area contributed by atoms with Gasteiger partial charge in [0, 0.05) is 28.4 Å². The largest absolute Gasteiger partial charge is 0.467 e. The van der Waals surface area contributed by atoms with Gasteiger partial charge in [-0.2, -0.15) is 0 Å². The second kappa shape index (κ2) is 8.77. The van der Waals surface area contributed by atoms with E-state index in [0.717, 1.165) is 26.9 Å². The van der Waals surface area contributed by atoms with Crippen molar-refractivity contribution in [2.24, 2.45) is 0 Å². The van der Waals surface area contributed by atoms with E-state index in [1.165, 1.54) is 18.9 Å². The van der Waals surface area contributed by atoms with Crippen LogP contribution in [-0.4, -0.2) is 35.8 Å². The third-order valence-electron chi connectivity index (χ3n) is 4.37. The number of carbonyl (C=O) groups excluding carboxylic acids is 2. The quantitative estimate of drug-likeness (QED) is 0.485. The van der Waals surface area contributed by atoms with Gasteiger partial charge < -0.3 is 15.0 Å². The van der Waals surface area contributed by atoms with E-state index in [0.29, 0.717) is 6.42 Å². The maximum Gasteiger partial charge on any atom is 0.328 e. The predicted octanol–water partition coefficient (Wildman–Crippen LogP) is 3.47. The molecule has 5 nitrogen and oxygen atoms in total. The van der Waals surface area contributed by atoms with E-state index < -0.39 is 12.0 Å². The molecule has 0 bridgehead atoms. The van der Waals surface area contributed by atoms with Crippen LogP contribution in [0.4, 0.5) is 0 Å². The van der Waals surface area contributed by atoms with Crippen LogP contribution >= 0.6 is 11.8 Å². The molecule has 3 rings (SSSR count). The summed E-state index contributed by atoms with van der Waals surface area (Å²) in [5.74, 6) is -0.403. The van der Waals surface area contributed by atoms with Gasteiger partial charge in [-0.05, 0) is 30.2 Å². The number of hydrogen-bond acceptors (Lipinski definition) is 4. The van der Waals surface area contributed by atoms with Crippen LogP contribution in [-0.2, 0) is 20.7 Å². The highest BCUT2D eigenvalue weighted by Crippen LogP contribution is 2.22. The maximum atomic E-state index is 12.4. The molecule has 0 aliphatic rings. The lowest BCUT2D eigenvalue weighted by molar-refractivity contribution is -0.144. The number of aromatic amines is 1. The van der Waals surface area contributed by atoms with Gasteiger partial charge in [-0.3, -0.25) is 4.79 Å². The molecule has 2 aromatic carbocycles. The minimum atomic E-state index is -0.723. The minimum Gasteiger partial charge on any atom is -0.467 e. The van der Waals surface area contributed by atoms with E-state index in [-0.39, 0.29) is 11.7 Å². The summed E-state index contributed by atoms with van der Waals surface area (Å²) in [6, 6.07) is 15.0. The number of aromatic nitrogens is 1. The van der Waals surface area contributed by atoms with Gasteiger partial charge in [-0.1, -0.05) is 36.4 Å². The Morgan fingerprint density at radius 2 is 1.89 bits per heavy atom. The first-order chi connectivity index (χ1) is 13.1.